The number of carbonyl (C=O) groups is 2. The Hall–Kier alpha value is -3.51. The molecule has 3 aromatic rings. The van der Waals surface area contributed by atoms with Gasteiger partial charge in [-0.1, -0.05) is 48.5 Å². The van der Waals surface area contributed by atoms with Gasteiger partial charge in [-0.05, 0) is 67.0 Å². The van der Waals surface area contributed by atoms with Crippen molar-refractivity contribution in [1.29, 1.82) is 0 Å². The van der Waals surface area contributed by atoms with E-state index in [4.69, 9.17) is 12.2 Å². The molecule has 0 unspecified atom stereocenters. The SMILES string of the molecule is Cc1ccccc1C(=O)NC(=S)Nc1ccc(NC(=O)CCc2ccccc2)cc1. The van der Waals surface area contributed by atoms with Crippen molar-refractivity contribution in [3.05, 3.63) is 95.6 Å². The third-order valence-electron chi connectivity index (χ3n) is 4.53. The highest BCUT2D eigenvalue weighted by Crippen LogP contribution is 2.14. The van der Waals surface area contributed by atoms with Crippen LogP contribution in [0.5, 0.6) is 0 Å². The van der Waals surface area contributed by atoms with E-state index in [-0.39, 0.29) is 16.9 Å². The Morgan fingerprint density at radius 1 is 0.800 bits per heavy atom. The van der Waals surface area contributed by atoms with E-state index < -0.39 is 0 Å². The van der Waals surface area contributed by atoms with Crippen LogP contribution in [0.4, 0.5) is 11.4 Å². The quantitative estimate of drug-likeness (QED) is 0.509. The zero-order chi connectivity index (χ0) is 21.3. The van der Waals surface area contributed by atoms with Crippen molar-refractivity contribution in [1.82, 2.24) is 5.32 Å². The number of aryl methyl sites for hydroxylation is 2. The third-order valence-corrected chi connectivity index (χ3v) is 4.73. The smallest absolute Gasteiger partial charge is 0.257 e. The van der Waals surface area contributed by atoms with E-state index >= 15 is 0 Å². The Bertz CT molecular complexity index is 1030. The van der Waals surface area contributed by atoms with E-state index in [1.807, 2.05) is 55.5 Å². The molecular weight excluding hydrogens is 394 g/mol. The van der Waals surface area contributed by atoms with Gasteiger partial charge in [-0.3, -0.25) is 14.9 Å². The fourth-order valence-corrected chi connectivity index (χ4v) is 3.13. The third kappa shape index (κ3) is 6.25. The van der Waals surface area contributed by atoms with Gasteiger partial charge in [-0.25, -0.2) is 0 Å². The first-order valence-electron chi connectivity index (χ1n) is 9.63. The predicted octanol–water partition coefficient (Wildman–Crippen LogP) is 4.69. The summed E-state index contributed by atoms with van der Waals surface area (Å²) in [6.07, 6.45) is 1.11. The van der Waals surface area contributed by atoms with E-state index in [2.05, 4.69) is 16.0 Å². The monoisotopic (exact) mass is 417 g/mol. The summed E-state index contributed by atoms with van der Waals surface area (Å²) in [5, 5.41) is 8.75. The molecule has 152 valence electrons. The fraction of sp³-hybridized carbons (Fsp3) is 0.125. The summed E-state index contributed by atoms with van der Waals surface area (Å²) in [5.41, 5.74) is 4.01. The maximum absolute atomic E-state index is 12.3. The average molecular weight is 418 g/mol. The van der Waals surface area contributed by atoms with Gasteiger partial charge >= 0.3 is 0 Å². The number of hydrogen-bond donors (Lipinski definition) is 3. The molecule has 0 aliphatic rings. The highest BCUT2D eigenvalue weighted by molar-refractivity contribution is 7.80. The normalized spacial score (nSPS) is 10.2. The maximum atomic E-state index is 12.3. The second-order valence-corrected chi connectivity index (χ2v) is 7.24. The molecule has 3 aromatic carbocycles. The fourth-order valence-electron chi connectivity index (χ4n) is 2.92. The van der Waals surface area contributed by atoms with Crippen LogP contribution in [-0.4, -0.2) is 16.9 Å². The predicted molar refractivity (Wildman–Crippen MR) is 125 cm³/mol. The molecular formula is C24H23N3O2S. The summed E-state index contributed by atoms with van der Waals surface area (Å²) >= 11 is 5.23. The van der Waals surface area contributed by atoms with Gasteiger partial charge in [0.2, 0.25) is 5.91 Å². The lowest BCUT2D eigenvalue weighted by molar-refractivity contribution is -0.116. The molecule has 0 aliphatic carbocycles. The van der Waals surface area contributed by atoms with Crippen LogP contribution in [-0.2, 0) is 11.2 Å². The van der Waals surface area contributed by atoms with Crippen molar-refractivity contribution in [2.24, 2.45) is 0 Å². The standard InChI is InChI=1S/C24H23N3O2S/c1-17-7-5-6-10-21(17)23(29)27-24(30)26-20-14-12-19(13-15-20)25-22(28)16-11-18-8-3-2-4-9-18/h2-10,12-15H,11,16H2,1H3,(H,25,28)(H2,26,27,29,30). The van der Waals surface area contributed by atoms with Gasteiger partial charge in [0.15, 0.2) is 5.11 Å². The summed E-state index contributed by atoms with van der Waals surface area (Å²) in [7, 11) is 0. The molecule has 3 rings (SSSR count). The van der Waals surface area contributed by atoms with Crippen molar-refractivity contribution in [2.75, 3.05) is 10.6 Å². The topological polar surface area (TPSA) is 70.2 Å². The van der Waals surface area contributed by atoms with E-state index in [0.29, 0.717) is 29.8 Å². The largest absolute Gasteiger partial charge is 0.332 e. The molecule has 0 spiro atoms. The number of benzene rings is 3. The minimum Gasteiger partial charge on any atom is -0.332 e. The number of rotatable bonds is 6. The summed E-state index contributed by atoms with van der Waals surface area (Å²) in [6.45, 7) is 1.87. The molecule has 0 heterocycles. The summed E-state index contributed by atoms with van der Waals surface area (Å²) in [4.78, 5) is 24.5. The minimum absolute atomic E-state index is 0.0411. The van der Waals surface area contributed by atoms with Crippen LogP contribution in [0.1, 0.15) is 27.9 Å². The summed E-state index contributed by atoms with van der Waals surface area (Å²) in [6, 6.07) is 24.4. The number of anilines is 2. The molecule has 0 aromatic heterocycles. The first kappa shape index (κ1) is 21.2. The maximum Gasteiger partial charge on any atom is 0.257 e. The van der Waals surface area contributed by atoms with Crippen molar-refractivity contribution in [3.63, 3.8) is 0 Å². The van der Waals surface area contributed by atoms with E-state index in [1.165, 1.54) is 0 Å². The van der Waals surface area contributed by atoms with Gasteiger partial charge in [0, 0.05) is 23.4 Å². The minimum atomic E-state index is -0.257. The average Bonchev–Trinajstić information content (AvgIpc) is 2.74. The lowest BCUT2D eigenvalue weighted by atomic mass is 10.1. The molecule has 2 amide bonds. The first-order chi connectivity index (χ1) is 14.5. The summed E-state index contributed by atoms with van der Waals surface area (Å²) in [5.74, 6) is -0.298. The molecule has 5 nitrogen and oxygen atoms in total. The van der Waals surface area contributed by atoms with E-state index in [1.54, 1.807) is 30.3 Å². The zero-order valence-corrected chi connectivity index (χ0v) is 17.5. The number of amides is 2. The van der Waals surface area contributed by atoms with Crippen LogP contribution in [0, 0.1) is 6.92 Å². The molecule has 0 aliphatic heterocycles. The Balaban J connectivity index is 1.48. The van der Waals surface area contributed by atoms with Crippen molar-refractivity contribution in [3.8, 4) is 0 Å². The lowest BCUT2D eigenvalue weighted by Gasteiger charge is -2.11. The number of carbonyl (C=O) groups excluding carboxylic acids is 2. The van der Waals surface area contributed by atoms with E-state index in [9.17, 15) is 9.59 Å². The van der Waals surface area contributed by atoms with Gasteiger partial charge < -0.3 is 10.6 Å². The number of hydrogen-bond acceptors (Lipinski definition) is 3. The first-order valence-corrected chi connectivity index (χ1v) is 10.0. The molecule has 3 N–H and O–H groups in total. The van der Waals surface area contributed by atoms with Crippen molar-refractivity contribution in [2.45, 2.75) is 19.8 Å². The van der Waals surface area contributed by atoms with Gasteiger partial charge in [0.05, 0.1) is 0 Å². The van der Waals surface area contributed by atoms with E-state index in [0.717, 1.165) is 11.1 Å². The van der Waals surface area contributed by atoms with Crippen LogP contribution < -0.4 is 16.0 Å². The van der Waals surface area contributed by atoms with Crippen LogP contribution in [0.15, 0.2) is 78.9 Å². The molecule has 30 heavy (non-hydrogen) atoms. The molecule has 0 radical (unpaired) electrons. The van der Waals surface area contributed by atoms with Gasteiger partial charge in [-0.2, -0.15) is 0 Å². The van der Waals surface area contributed by atoms with Gasteiger partial charge in [-0.15, -0.1) is 0 Å². The Morgan fingerprint density at radius 3 is 2.07 bits per heavy atom. The lowest BCUT2D eigenvalue weighted by Crippen LogP contribution is -2.34. The molecule has 6 heteroatoms. The van der Waals surface area contributed by atoms with Gasteiger partial charge in [0.1, 0.15) is 0 Å². The van der Waals surface area contributed by atoms with Crippen LogP contribution in [0.2, 0.25) is 0 Å². The highest BCUT2D eigenvalue weighted by atomic mass is 32.1. The molecule has 0 saturated carbocycles. The number of thiocarbonyl (C=S) groups is 1. The highest BCUT2D eigenvalue weighted by Gasteiger charge is 2.10. The van der Waals surface area contributed by atoms with Crippen LogP contribution in [0.25, 0.3) is 0 Å². The molecule has 0 bridgehead atoms. The Labute approximate surface area is 181 Å². The second kappa shape index (κ2) is 10.3. The van der Waals surface area contributed by atoms with Gasteiger partial charge in [0.25, 0.3) is 5.91 Å². The van der Waals surface area contributed by atoms with Crippen LogP contribution >= 0.6 is 12.2 Å². The van der Waals surface area contributed by atoms with Crippen molar-refractivity contribution >= 4 is 40.5 Å². The number of nitrogens with one attached hydrogen (secondary N) is 3. The molecule has 0 saturated heterocycles. The summed E-state index contributed by atoms with van der Waals surface area (Å²) < 4.78 is 0. The Kier molecular flexibility index (Phi) is 7.29. The van der Waals surface area contributed by atoms with Crippen molar-refractivity contribution < 1.29 is 9.59 Å². The zero-order valence-electron chi connectivity index (χ0n) is 16.6. The Morgan fingerprint density at radius 2 is 1.40 bits per heavy atom. The second-order valence-electron chi connectivity index (χ2n) is 6.83. The van der Waals surface area contributed by atoms with Crippen LogP contribution in [0.3, 0.4) is 0 Å². The molecule has 0 fully saturated rings. The molecule has 0 atom stereocenters.